The molecule has 1 heterocycles. The van der Waals surface area contributed by atoms with E-state index in [4.69, 9.17) is 4.74 Å². The SMILES string of the molecule is CCOc1ccccc1Nc1ccc(S(=O)(=O)N2CC[NH+](C)CC2)cc1[N+](=O)[O-]. The van der Waals surface area contributed by atoms with Crippen molar-refractivity contribution in [2.75, 3.05) is 45.2 Å². The molecular weight excluding hydrogens is 396 g/mol. The first-order valence-electron chi connectivity index (χ1n) is 9.41. The molecule has 2 N–H and O–H groups in total. The normalized spacial score (nSPS) is 15.8. The first kappa shape index (κ1) is 21.0. The summed E-state index contributed by atoms with van der Waals surface area (Å²) in [6.45, 7) is 4.49. The summed E-state index contributed by atoms with van der Waals surface area (Å²) in [5.74, 6) is 0.556. The van der Waals surface area contributed by atoms with E-state index in [9.17, 15) is 18.5 Å². The largest absolute Gasteiger partial charge is 0.492 e. The number of nitrogens with one attached hydrogen (secondary N) is 2. The van der Waals surface area contributed by atoms with Gasteiger partial charge in [-0.2, -0.15) is 4.31 Å². The van der Waals surface area contributed by atoms with Crippen LogP contribution in [0, 0.1) is 10.1 Å². The second-order valence-electron chi connectivity index (χ2n) is 6.85. The third kappa shape index (κ3) is 4.66. The van der Waals surface area contributed by atoms with E-state index in [1.807, 2.05) is 14.0 Å². The van der Waals surface area contributed by atoms with Gasteiger partial charge in [-0.25, -0.2) is 8.42 Å². The Labute approximate surface area is 170 Å². The topological polar surface area (TPSA) is 106 Å². The van der Waals surface area contributed by atoms with Crippen molar-refractivity contribution >= 4 is 27.1 Å². The number of benzene rings is 2. The highest BCUT2D eigenvalue weighted by atomic mass is 32.2. The van der Waals surface area contributed by atoms with E-state index >= 15 is 0 Å². The summed E-state index contributed by atoms with van der Waals surface area (Å²) in [6, 6.07) is 11.0. The molecule has 156 valence electrons. The molecule has 2 aromatic rings. The fraction of sp³-hybridized carbons (Fsp3) is 0.368. The fourth-order valence-corrected chi connectivity index (χ4v) is 4.64. The summed E-state index contributed by atoms with van der Waals surface area (Å²) in [6.07, 6.45) is 0. The standard InChI is InChI=1S/C19H24N4O5S/c1-3-28-19-7-5-4-6-17(19)20-16-9-8-15(14-18(16)23(24)25)29(26,27)22-12-10-21(2)11-13-22/h4-9,14,20H,3,10-13H2,1-2H3/p+1. The summed E-state index contributed by atoms with van der Waals surface area (Å²) in [5.41, 5.74) is 0.455. The van der Waals surface area contributed by atoms with Gasteiger partial charge < -0.3 is 15.0 Å². The van der Waals surface area contributed by atoms with Gasteiger partial charge in [0.05, 0.1) is 55.3 Å². The van der Waals surface area contributed by atoms with Gasteiger partial charge in [-0.1, -0.05) is 12.1 Å². The van der Waals surface area contributed by atoms with Gasteiger partial charge in [0.15, 0.2) is 0 Å². The van der Waals surface area contributed by atoms with Gasteiger partial charge in [0.25, 0.3) is 5.69 Å². The molecule has 29 heavy (non-hydrogen) atoms. The molecule has 9 nitrogen and oxygen atoms in total. The molecule has 1 fully saturated rings. The van der Waals surface area contributed by atoms with Crippen molar-refractivity contribution in [3.63, 3.8) is 0 Å². The summed E-state index contributed by atoms with van der Waals surface area (Å²) in [4.78, 5) is 12.2. The minimum Gasteiger partial charge on any atom is -0.492 e. The maximum atomic E-state index is 12.9. The Hall–Kier alpha value is -2.69. The lowest BCUT2D eigenvalue weighted by atomic mass is 10.2. The van der Waals surface area contributed by atoms with Gasteiger partial charge in [-0.05, 0) is 31.2 Å². The number of ether oxygens (including phenoxy) is 1. The Morgan fingerprint density at radius 2 is 1.86 bits per heavy atom. The van der Waals surface area contributed by atoms with Crippen LogP contribution in [0.5, 0.6) is 5.75 Å². The van der Waals surface area contributed by atoms with Crippen LogP contribution in [0.1, 0.15) is 6.92 Å². The number of hydrogen-bond donors (Lipinski definition) is 2. The third-order valence-electron chi connectivity index (χ3n) is 4.84. The summed E-state index contributed by atoms with van der Waals surface area (Å²) >= 11 is 0. The Morgan fingerprint density at radius 3 is 2.52 bits per heavy atom. The molecule has 0 amide bonds. The van der Waals surface area contributed by atoms with Crippen molar-refractivity contribution in [3.05, 3.63) is 52.6 Å². The number of likely N-dealkylation sites (N-methyl/N-ethyl adjacent to an activating group) is 1. The van der Waals surface area contributed by atoms with Crippen LogP contribution in [0.2, 0.25) is 0 Å². The molecule has 2 aromatic carbocycles. The number of quaternary nitrogens is 1. The Kier molecular flexibility index (Phi) is 6.36. The van der Waals surface area contributed by atoms with Crippen molar-refractivity contribution in [3.8, 4) is 5.75 Å². The van der Waals surface area contributed by atoms with Gasteiger partial charge in [0.1, 0.15) is 11.4 Å². The van der Waals surface area contributed by atoms with Crippen molar-refractivity contribution in [1.29, 1.82) is 0 Å². The molecule has 0 unspecified atom stereocenters. The van der Waals surface area contributed by atoms with Gasteiger partial charge >= 0.3 is 0 Å². The number of para-hydroxylation sites is 2. The summed E-state index contributed by atoms with van der Waals surface area (Å²) in [5, 5.41) is 14.6. The number of nitro benzene ring substituents is 1. The van der Waals surface area contributed by atoms with Crippen molar-refractivity contribution < 1.29 is 23.0 Å². The van der Waals surface area contributed by atoms with Crippen LogP contribution in [0.3, 0.4) is 0 Å². The number of sulfonamides is 1. The molecule has 0 aliphatic carbocycles. The maximum Gasteiger partial charge on any atom is 0.294 e. The van der Waals surface area contributed by atoms with Crippen LogP contribution in [0.4, 0.5) is 17.1 Å². The molecule has 1 saturated heterocycles. The van der Waals surface area contributed by atoms with E-state index in [1.165, 1.54) is 21.3 Å². The van der Waals surface area contributed by atoms with Crippen LogP contribution in [0.25, 0.3) is 0 Å². The number of piperazine rings is 1. The number of nitro groups is 1. The van der Waals surface area contributed by atoms with Crippen LogP contribution >= 0.6 is 0 Å². The molecule has 3 rings (SSSR count). The highest BCUT2D eigenvalue weighted by Crippen LogP contribution is 2.34. The number of nitrogens with zero attached hydrogens (tertiary/aromatic N) is 2. The van der Waals surface area contributed by atoms with Crippen molar-refractivity contribution in [2.24, 2.45) is 0 Å². The highest BCUT2D eigenvalue weighted by molar-refractivity contribution is 7.89. The van der Waals surface area contributed by atoms with Gasteiger partial charge in [0.2, 0.25) is 10.0 Å². The molecule has 0 radical (unpaired) electrons. The quantitative estimate of drug-likeness (QED) is 0.515. The number of rotatable bonds is 7. The predicted octanol–water partition coefficient (Wildman–Crippen LogP) is 1.26. The Bertz CT molecular complexity index is 988. The van der Waals surface area contributed by atoms with Gasteiger partial charge in [-0.15, -0.1) is 0 Å². The molecule has 0 saturated carbocycles. The van der Waals surface area contributed by atoms with Crippen LogP contribution in [0.15, 0.2) is 47.4 Å². The zero-order valence-corrected chi connectivity index (χ0v) is 17.2. The molecule has 1 aliphatic rings. The lowest BCUT2D eigenvalue weighted by Gasteiger charge is -2.29. The average Bonchev–Trinajstić information content (AvgIpc) is 2.70. The molecular formula is C19H25N4O5S+. The van der Waals surface area contributed by atoms with Gasteiger partial charge in [0, 0.05) is 6.07 Å². The minimum absolute atomic E-state index is 0.0765. The lowest BCUT2D eigenvalue weighted by molar-refractivity contribution is -0.883. The van der Waals surface area contributed by atoms with E-state index < -0.39 is 14.9 Å². The van der Waals surface area contributed by atoms with Gasteiger partial charge in [-0.3, -0.25) is 10.1 Å². The van der Waals surface area contributed by atoms with Crippen molar-refractivity contribution in [1.82, 2.24) is 4.31 Å². The molecule has 10 heteroatoms. The van der Waals surface area contributed by atoms with Crippen LogP contribution in [-0.4, -0.2) is 57.5 Å². The predicted molar refractivity (Wildman–Crippen MR) is 109 cm³/mol. The number of hydrogen-bond acceptors (Lipinski definition) is 6. The van der Waals surface area contributed by atoms with E-state index in [1.54, 1.807) is 24.3 Å². The third-order valence-corrected chi connectivity index (χ3v) is 6.73. The highest BCUT2D eigenvalue weighted by Gasteiger charge is 2.31. The first-order valence-corrected chi connectivity index (χ1v) is 10.9. The zero-order chi connectivity index (χ0) is 21.0. The lowest BCUT2D eigenvalue weighted by Crippen LogP contribution is -3.12. The van der Waals surface area contributed by atoms with E-state index in [0.29, 0.717) is 44.2 Å². The zero-order valence-electron chi connectivity index (χ0n) is 16.4. The molecule has 0 spiro atoms. The van der Waals surface area contributed by atoms with Crippen LogP contribution in [-0.2, 0) is 10.0 Å². The van der Waals surface area contributed by atoms with Crippen molar-refractivity contribution in [2.45, 2.75) is 11.8 Å². The average molecular weight is 421 g/mol. The van der Waals surface area contributed by atoms with E-state index in [2.05, 4.69) is 5.32 Å². The first-order chi connectivity index (χ1) is 13.8. The second-order valence-corrected chi connectivity index (χ2v) is 8.79. The molecule has 0 bridgehead atoms. The van der Waals surface area contributed by atoms with Crippen LogP contribution < -0.4 is 15.0 Å². The molecule has 1 aliphatic heterocycles. The summed E-state index contributed by atoms with van der Waals surface area (Å²) < 4.78 is 32.8. The van der Waals surface area contributed by atoms with E-state index in [-0.39, 0.29) is 16.3 Å². The Balaban J connectivity index is 1.93. The fourth-order valence-electron chi connectivity index (χ4n) is 3.18. The number of anilines is 2. The van der Waals surface area contributed by atoms with E-state index in [0.717, 1.165) is 6.07 Å². The minimum atomic E-state index is -3.78. The second kappa shape index (κ2) is 8.76. The summed E-state index contributed by atoms with van der Waals surface area (Å²) in [7, 11) is -1.78. The molecule has 0 aromatic heterocycles. The molecule has 0 atom stereocenters. The monoisotopic (exact) mass is 421 g/mol. The maximum absolute atomic E-state index is 12.9. The Morgan fingerprint density at radius 1 is 1.17 bits per heavy atom. The smallest absolute Gasteiger partial charge is 0.294 e.